The van der Waals surface area contributed by atoms with E-state index in [0.717, 1.165) is 38.0 Å². The molecule has 0 amide bonds. The van der Waals surface area contributed by atoms with Crippen LogP contribution in [-0.4, -0.2) is 18.7 Å². The van der Waals surface area contributed by atoms with Crippen LogP contribution >= 0.6 is 0 Å². The third kappa shape index (κ3) is 7.79. The lowest BCUT2D eigenvalue weighted by molar-refractivity contribution is 0.305. The van der Waals surface area contributed by atoms with Crippen LogP contribution in [-0.2, 0) is 12.8 Å². The normalized spacial score (nSPS) is 13.2. The number of hydrogen-bond acceptors (Lipinski definition) is 4. The lowest BCUT2D eigenvalue weighted by Crippen LogP contribution is -2.39. The third-order valence-corrected chi connectivity index (χ3v) is 4.56. The molecule has 140 valence electrons. The van der Waals surface area contributed by atoms with Gasteiger partial charge in [0.1, 0.15) is 5.75 Å². The first-order chi connectivity index (χ1) is 12.6. The molecule has 0 saturated heterocycles. The Bertz CT molecular complexity index is 639. The van der Waals surface area contributed by atoms with Gasteiger partial charge in [-0.05, 0) is 68.7 Å². The molecule has 0 fully saturated rings. The first-order valence-corrected chi connectivity index (χ1v) is 9.43. The zero-order chi connectivity index (χ0) is 18.7. The van der Waals surface area contributed by atoms with E-state index >= 15 is 0 Å². The molecule has 0 aliphatic rings. The zero-order valence-corrected chi connectivity index (χ0v) is 15.7. The van der Waals surface area contributed by atoms with Crippen molar-refractivity contribution in [2.75, 3.05) is 13.2 Å². The van der Waals surface area contributed by atoms with E-state index in [-0.39, 0.29) is 6.54 Å². The van der Waals surface area contributed by atoms with Gasteiger partial charge in [-0.2, -0.15) is 4.91 Å². The standard InChI is InChI=1S/C22H30N2O2/c1-22(23,18-24-25)16-15-20-11-13-21(14-12-20)26-17-7-3-6-10-19-8-4-2-5-9-19/h2,4-5,8-9,11-14H,3,6-7,10,15-18,23H2,1H3/t22-/m1/s1. The van der Waals surface area contributed by atoms with E-state index in [1.54, 1.807) is 0 Å². The molecule has 0 heterocycles. The fourth-order valence-electron chi connectivity index (χ4n) is 2.85. The Hall–Kier alpha value is -2.20. The molecule has 0 spiro atoms. The highest BCUT2D eigenvalue weighted by atomic mass is 16.5. The van der Waals surface area contributed by atoms with Gasteiger partial charge in [-0.15, -0.1) is 0 Å². The molecule has 2 aromatic carbocycles. The number of unbranched alkanes of at least 4 members (excludes halogenated alkanes) is 2. The number of ether oxygens (including phenoxy) is 1. The van der Waals surface area contributed by atoms with Gasteiger partial charge in [0.2, 0.25) is 0 Å². The van der Waals surface area contributed by atoms with Gasteiger partial charge in [0.15, 0.2) is 0 Å². The Balaban J connectivity index is 1.60. The minimum absolute atomic E-state index is 0.151. The molecule has 0 bridgehead atoms. The highest BCUT2D eigenvalue weighted by molar-refractivity contribution is 5.27. The average Bonchev–Trinajstić information content (AvgIpc) is 2.65. The molecule has 0 saturated carbocycles. The zero-order valence-electron chi connectivity index (χ0n) is 15.7. The molecule has 0 aliphatic carbocycles. The lowest BCUT2D eigenvalue weighted by Gasteiger charge is -2.20. The van der Waals surface area contributed by atoms with Gasteiger partial charge in [-0.3, -0.25) is 0 Å². The summed E-state index contributed by atoms with van der Waals surface area (Å²) in [4.78, 5) is 10.4. The quantitative estimate of drug-likeness (QED) is 0.436. The topological polar surface area (TPSA) is 64.7 Å². The molecule has 2 N–H and O–H groups in total. The molecule has 26 heavy (non-hydrogen) atoms. The largest absolute Gasteiger partial charge is 0.494 e. The molecule has 1 atom stereocenters. The monoisotopic (exact) mass is 354 g/mol. The number of hydrogen-bond donors (Lipinski definition) is 1. The predicted octanol–water partition coefficient (Wildman–Crippen LogP) is 4.89. The smallest absolute Gasteiger partial charge is 0.119 e. The number of benzene rings is 2. The van der Waals surface area contributed by atoms with Gasteiger partial charge in [0, 0.05) is 5.54 Å². The molecule has 0 aliphatic heterocycles. The van der Waals surface area contributed by atoms with E-state index in [9.17, 15) is 4.91 Å². The van der Waals surface area contributed by atoms with Gasteiger partial charge in [-0.1, -0.05) is 47.6 Å². The second-order valence-corrected chi connectivity index (χ2v) is 7.23. The fraction of sp³-hybridized carbons (Fsp3) is 0.455. The molecule has 2 aromatic rings. The Morgan fingerprint density at radius 2 is 1.62 bits per heavy atom. The molecule has 0 radical (unpaired) electrons. The van der Waals surface area contributed by atoms with Crippen LogP contribution in [0.3, 0.4) is 0 Å². The maximum Gasteiger partial charge on any atom is 0.119 e. The second kappa shape index (κ2) is 10.7. The van der Waals surface area contributed by atoms with Gasteiger partial charge in [0.05, 0.1) is 13.2 Å². The summed E-state index contributed by atoms with van der Waals surface area (Å²) in [5.41, 5.74) is 8.10. The summed E-state index contributed by atoms with van der Waals surface area (Å²) in [7, 11) is 0. The first kappa shape index (κ1) is 20.1. The van der Waals surface area contributed by atoms with Crippen molar-refractivity contribution >= 4 is 0 Å². The van der Waals surface area contributed by atoms with Crippen LogP contribution in [0.4, 0.5) is 0 Å². The van der Waals surface area contributed by atoms with Gasteiger partial charge in [-0.25, -0.2) is 0 Å². The number of nitrogens with two attached hydrogens (primary N) is 1. The summed E-state index contributed by atoms with van der Waals surface area (Å²) >= 11 is 0. The number of nitroso groups, excluding NO2 is 1. The lowest BCUT2D eigenvalue weighted by atomic mass is 9.94. The highest BCUT2D eigenvalue weighted by Crippen LogP contribution is 2.17. The molecular weight excluding hydrogens is 324 g/mol. The summed E-state index contributed by atoms with van der Waals surface area (Å²) in [5, 5.41) is 2.91. The summed E-state index contributed by atoms with van der Waals surface area (Å²) in [6.45, 7) is 2.77. The van der Waals surface area contributed by atoms with E-state index in [1.165, 1.54) is 24.0 Å². The number of aryl methyl sites for hydroxylation is 2. The van der Waals surface area contributed by atoms with Crippen LogP contribution in [0.1, 0.15) is 43.7 Å². The SMILES string of the molecule is C[C@@](N)(CCc1ccc(OCCCCCc2ccccc2)cc1)CN=O. The summed E-state index contributed by atoms with van der Waals surface area (Å²) in [5.74, 6) is 0.905. The Kier molecular flexibility index (Phi) is 8.29. The Morgan fingerprint density at radius 3 is 2.31 bits per heavy atom. The van der Waals surface area contributed by atoms with Gasteiger partial charge < -0.3 is 10.5 Å². The predicted molar refractivity (Wildman–Crippen MR) is 108 cm³/mol. The summed E-state index contributed by atoms with van der Waals surface area (Å²) in [6, 6.07) is 18.7. The van der Waals surface area contributed by atoms with Crippen LogP contribution in [0.5, 0.6) is 5.75 Å². The summed E-state index contributed by atoms with van der Waals surface area (Å²) in [6.07, 6.45) is 6.14. The van der Waals surface area contributed by atoms with Crippen LogP contribution < -0.4 is 10.5 Å². The molecule has 0 aromatic heterocycles. The second-order valence-electron chi connectivity index (χ2n) is 7.23. The first-order valence-electron chi connectivity index (χ1n) is 9.43. The van der Waals surface area contributed by atoms with Crippen molar-refractivity contribution in [3.63, 3.8) is 0 Å². The van der Waals surface area contributed by atoms with Crippen LogP contribution in [0.15, 0.2) is 59.8 Å². The Morgan fingerprint density at radius 1 is 0.923 bits per heavy atom. The van der Waals surface area contributed by atoms with E-state index in [2.05, 4.69) is 47.6 Å². The maximum absolute atomic E-state index is 10.4. The van der Waals surface area contributed by atoms with Crippen molar-refractivity contribution in [3.05, 3.63) is 70.6 Å². The van der Waals surface area contributed by atoms with E-state index < -0.39 is 5.54 Å². The van der Waals surface area contributed by atoms with Crippen molar-refractivity contribution in [2.45, 2.75) is 51.0 Å². The van der Waals surface area contributed by atoms with Gasteiger partial charge >= 0.3 is 0 Å². The van der Waals surface area contributed by atoms with Crippen molar-refractivity contribution in [2.24, 2.45) is 10.9 Å². The summed E-state index contributed by atoms with van der Waals surface area (Å²) < 4.78 is 5.82. The van der Waals surface area contributed by atoms with Crippen molar-refractivity contribution < 1.29 is 4.74 Å². The number of nitrogens with zero attached hydrogens (tertiary/aromatic N) is 1. The minimum Gasteiger partial charge on any atom is -0.494 e. The molecule has 4 nitrogen and oxygen atoms in total. The molecular formula is C22H30N2O2. The Labute approximate surface area is 156 Å². The van der Waals surface area contributed by atoms with Crippen LogP contribution in [0, 0.1) is 4.91 Å². The van der Waals surface area contributed by atoms with Crippen LogP contribution in [0.2, 0.25) is 0 Å². The average molecular weight is 354 g/mol. The minimum atomic E-state index is -0.531. The van der Waals surface area contributed by atoms with E-state index in [1.807, 2.05) is 19.1 Å². The van der Waals surface area contributed by atoms with Crippen molar-refractivity contribution in [1.82, 2.24) is 0 Å². The maximum atomic E-state index is 10.4. The van der Waals surface area contributed by atoms with Crippen molar-refractivity contribution in [1.29, 1.82) is 0 Å². The van der Waals surface area contributed by atoms with Crippen molar-refractivity contribution in [3.8, 4) is 5.75 Å². The third-order valence-electron chi connectivity index (χ3n) is 4.56. The van der Waals surface area contributed by atoms with Gasteiger partial charge in [0.25, 0.3) is 0 Å². The van der Waals surface area contributed by atoms with E-state index in [0.29, 0.717) is 0 Å². The number of rotatable bonds is 12. The van der Waals surface area contributed by atoms with E-state index in [4.69, 9.17) is 10.5 Å². The van der Waals surface area contributed by atoms with Crippen LogP contribution in [0.25, 0.3) is 0 Å². The molecule has 4 heteroatoms. The highest BCUT2D eigenvalue weighted by Gasteiger charge is 2.18. The fourth-order valence-corrected chi connectivity index (χ4v) is 2.85. The molecule has 2 rings (SSSR count). The molecule has 0 unspecified atom stereocenters.